The van der Waals surface area contributed by atoms with Crippen molar-refractivity contribution < 1.29 is 14.3 Å². The molecule has 0 saturated heterocycles. The Balaban J connectivity index is 2.65. The number of hydrogen-bond donors (Lipinski definition) is 0. The quantitative estimate of drug-likeness (QED) is 0.429. The lowest BCUT2D eigenvalue weighted by atomic mass is 10.2. The summed E-state index contributed by atoms with van der Waals surface area (Å²) in [4.78, 5) is 11.4. The number of carbonyl (C=O) groups excluding carboxylic acids is 1. The van der Waals surface area contributed by atoms with Crippen molar-refractivity contribution in [1.82, 2.24) is 0 Å². The molecule has 0 aliphatic heterocycles. The van der Waals surface area contributed by atoms with E-state index in [-0.39, 0.29) is 0 Å². The van der Waals surface area contributed by atoms with Crippen LogP contribution in [0.25, 0.3) is 0 Å². The van der Waals surface area contributed by atoms with Gasteiger partial charge in [-0.1, -0.05) is 12.7 Å². The smallest absolute Gasteiger partial charge is 0.342 e. The largest absolute Gasteiger partial charge is 0.497 e. The molecule has 15 heavy (non-hydrogen) atoms. The summed E-state index contributed by atoms with van der Waals surface area (Å²) in [5.74, 6) is 0.295. The summed E-state index contributed by atoms with van der Waals surface area (Å²) in [6, 6.07) is 6.69. The van der Waals surface area contributed by atoms with E-state index in [1.807, 2.05) is 0 Å². The highest BCUT2D eigenvalue weighted by Gasteiger charge is 2.04. The number of ether oxygens (including phenoxy) is 2. The summed E-state index contributed by atoms with van der Waals surface area (Å²) < 4.78 is 9.78. The van der Waals surface area contributed by atoms with Gasteiger partial charge in [0.05, 0.1) is 18.9 Å². The Bertz CT molecular complexity index is 363. The van der Waals surface area contributed by atoms with Gasteiger partial charge in [0.1, 0.15) is 5.75 Å². The minimum absolute atomic E-state index is 0.407. The Kier molecular flexibility index (Phi) is 4.16. The van der Waals surface area contributed by atoms with Gasteiger partial charge in [-0.25, -0.2) is 4.79 Å². The second-order valence-corrected chi connectivity index (χ2v) is 2.70. The standard InChI is InChI=1S/C12H12O3/c1-3-4-9-15-12(13)10-5-7-11(14-2)8-6-10/h3-9H,1H2,2H3/b9-4+. The maximum Gasteiger partial charge on any atom is 0.342 e. The van der Waals surface area contributed by atoms with Crippen molar-refractivity contribution in [2.24, 2.45) is 0 Å². The highest BCUT2D eigenvalue weighted by molar-refractivity contribution is 5.89. The average molecular weight is 204 g/mol. The van der Waals surface area contributed by atoms with Gasteiger partial charge in [-0.2, -0.15) is 0 Å². The van der Waals surface area contributed by atoms with Crippen LogP contribution in [0.1, 0.15) is 10.4 Å². The number of esters is 1. The molecule has 0 saturated carbocycles. The number of carbonyl (C=O) groups is 1. The predicted octanol–water partition coefficient (Wildman–Crippen LogP) is 2.55. The predicted molar refractivity (Wildman–Crippen MR) is 57.7 cm³/mol. The van der Waals surface area contributed by atoms with Crippen LogP contribution in [-0.4, -0.2) is 13.1 Å². The highest BCUT2D eigenvalue weighted by Crippen LogP contribution is 2.11. The third-order valence-electron chi connectivity index (χ3n) is 1.72. The Labute approximate surface area is 88.6 Å². The van der Waals surface area contributed by atoms with Gasteiger partial charge in [-0.15, -0.1) is 0 Å². The van der Waals surface area contributed by atoms with Gasteiger partial charge in [0.2, 0.25) is 0 Å². The zero-order valence-electron chi connectivity index (χ0n) is 8.47. The maximum atomic E-state index is 11.4. The van der Waals surface area contributed by atoms with Crippen molar-refractivity contribution >= 4 is 5.97 Å². The Morgan fingerprint density at radius 2 is 2.00 bits per heavy atom. The normalized spacial score (nSPS) is 9.93. The molecule has 1 aromatic carbocycles. The summed E-state index contributed by atoms with van der Waals surface area (Å²) in [7, 11) is 1.57. The Morgan fingerprint density at radius 1 is 1.33 bits per heavy atom. The number of rotatable bonds is 4. The van der Waals surface area contributed by atoms with E-state index < -0.39 is 5.97 Å². The first kappa shape index (κ1) is 11.0. The number of benzene rings is 1. The molecule has 3 nitrogen and oxygen atoms in total. The van der Waals surface area contributed by atoms with Crippen molar-refractivity contribution in [3.63, 3.8) is 0 Å². The van der Waals surface area contributed by atoms with Crippen LogP contribution >= 0.6 is 0 Å². The van der Waals surface area contributed by atoms with E-state index in [2.05, 4.69) is 6.58 Å². The number of hydrogen-bond acceptors (Lipinski definition) is 3. The van der Waals surface area contributed by atoms with Gasteiger partial charge < -0.3 is 9.47 Å². The summed E-state index contributed by atoms with van der Waals surface area (Å²) in [6.07, 6.45) is 4.36. The van der Waals surface area contributed by atoms with Crippen LogP contribution in [0, 0.1) is 0 Å². The van der Waals surface area contributed by atoms with Crippen LogP contribution in [0.2, 0.25) is 0 Å². The van der Waals surface area contributed by atoms with Gasteiger partial charge in [0.25, 0.3) is 0 Å². The third kappa shape index (κ3) is 3.31. The molecule has 1 aromatic rings. The fourth-order valence-corrected chi connectivity index (χ4v) is 0.952. The topological polar surface area (TPSA) is 35.5 Å². The zero-order valence-corrected chi connectivity index (χ0v) is 8.47. The molecule has 0 aromatic heterocycles. The third-order valence-corrected chi connectivity index (χ3v) is 1.72. The first-order valence-corrected chi connectivity index (χ1v) is 4.40. The monoisotopic (exact) mass is 204 g/mol. The van der Waals surface area contributed by atoms with Crippen molar-refractivity contribution in [3.05, 3.63) is 54.8 Å². The molecule has 0 spiro atoms. The van der Waals surface area contributed by atoms with Crippen LogP contribution in [0.15, 0.2) is 49.3 Å². The SMILES string of the molecule is C=C/C=C/OC(=O)c1ccc(OC)cc1. The minimum Gasteiger partial charge on any atom is -0.497 e. The van der Waals surface area contributed by atoms with Gasteiger partial charge >= 0.3 is 5.97 Å². The molecule has 0 bridgehead atoms. The highest BCUT2D eigenvalue weighted by atomic mass is 16.5. The summed E-state index contributed by atoms with van der Waals surface area (Å²) in [5.41, 5.74) is 0.476. The van der Waals surface area contributed by atoms with Gasteiger partial charge in [0, 0.05) is 0 Å². The van der Waals surface area contributed by atoms with Gasteiger partial charge in [0.15, 0.2) is 0 Å². The lowest BCUT2D eigenvalue weighted by molar-refractivity contribution is 0.0663. The summed E-state index contributed by atoms with van der Waals surface area (Å²) >= 11 is 0. The fourth-order valence-electron chi connectivity index (χ4n) is 0.952. The van der Waals surface area contributed by atoms with Crippen molar-refractivity contribution in [2.45, 2.75) is 0 Å². The lowest BCUT2D eigenvalue weighted by Gasteiger charge is -2.01. The first-order valence-electron chi connectivity index (χ1n) is 4.40. The van der Waals surface area contributed by atoms with E-state index in [0.717, 1.165) is 0 Å². The van der Waals surface area contributed by atoms with E-state index >= 15 is 0 Å². The molecule has 0 unspecified atom stereocenters. The van der Waals surface area contributed by atoms with Crippen LogP contribution in [0.4, 0.5) is 0 Å². The van der Waals surface area contributed by atoms with Crippen LogP contribution in [0.5, 0.6) is 5.75 Å². The van der Waals surface area contributed by atoms with E-state index in [4.69, 9.17) is 9.47 Å². The molecule has 0 aliphatic rings. The van der Waals surface area contributed by atoms with Gasteiger partial charge in [-0.05, 0) is 30.3 Å². The van der Waals surface area contributed by atoms with Gasteiger partial charge in [-0.3, -0.25) is 0 Å². The summed E-state index contributed by atoms with van der Waals surface area (Å²) in [6.45, 7) is 3.46. The molecular weight excluding hydrogens is 192 g/mol. The van der Waals surface area contributed by atoms with Crippen LogP contribution in [0.3, 0.4) is 0 Å². The minimum atomic E-state index is -0.407. The molecule has 0 amide bonds. The van der Waals surface area contributed by atoms with E-state index in [1.165, 1.54) is 12.3 Å². The molecule has 78 valence electrons. The van der Waals surface area contributed by atoms with E-state index in [0.29, 0.717) is 11.3 Å². The molecule has 0 aliphatic carbocycles. The lowest BCUT2D eigenvalue weighted by Crippen LogP contribution is -1.99. The first-order chi connectivity index (χ1) is 7.27. The molecule has 0 fully saturated rings. The van der Waals surface area contributed by atoms with Crippen molar-refractivity contribution in [3.8, 4) is 5.75 Å². The zero-order chi connectivity index (χ0) is 11.1. The van der Waals surface area contributed by atoms with E-state index in [1.54, 1.807) is 37.5 Å². The molecule has 0 atom stereocenters. The van der Waals surface area contributed by atoms with E-state index in [9.17, 15) is 4.79 Å². The average Bonchev–Trinajstić information content (AvgIpc) is 2.29. The Hall–Kier alpha value is -2.03. The second-order valence-electron chi connectivity index (χ2n) is 2.70. The van der Waals surface area contributed by atoms with Crippen molar-refractivity contribution in [1.29, 1.82) is 0 Å². The van der Waals surface area contributed by atoms with Crippen LogP contribution in [-0.2, 0) is 4.74 Å². The number of methoxy groups -OCH3 is 1. The van der Waals surface area contributed by atoms with Crippen LogP contribution < -0.4 is 4.74 Å². The second kappa shape index (κ2) is 5.65. The fraction of sp³-hybridized carbons (Fsp3) is 0.0833. The Morgan fingerprint density at radius 3 is 2.53 bits per heavy atom. The summed E-state index contributed by atoms with van der Waals surface area (Å²) in [5, 5.41) is 0. The maximum absolute atomic E-state index is 11.4. The molecular formula is C12H12O3. The molecule has 0 heterocycles. The van der Waals surface area contributed by atoms with Crippen molar-refractivity contribution in [2.75, 3.05) is 7.11 Å². The molecule has 0 radical (unpaired) electrons. The molecule has 1 rings (SSSR count). The molecule has 0 N–H and O–H groups in total. The molecule has 3 heteroatoms. The number of allylic oxidation sites excluding steroid dienone is 2.